The first-order chi connectivity index (χ1) is 8.88. The molecule has 1 aliphatic carbocycles. The van der Waals surface area contributed by atoms with E-state index in [1.54, 1.807) is 0 Å². The van der Waals surface area contributed by atoms with E-state index in [2.05, 4.69) is 31.0 Å². The van der Waals surface area contributed by atoms with Crippen LogP contribution in [0.1, 0.15) is 52.9 Å². The van der Waals surface area contributed by atoms with Gasteiger partial charge in [-0.15, -0.1) is 0 Å². The Kier molecular flexibility index (Phi) is 4.21. The van der Waals surface area contributed by atoms with E-state index in [1.165, 1.54) is 6.42 Å². The second kappa shape index (κ2) is 5.41. The van der Waals surface area contributed by atoms with Gasteiger partial charge in [0.05, 0.1) is 0 Å². The Morgan fingerprint density at radius 1 is 1.42 bits per heavy atom. The van der Waals surface area contributed by atoms with E-state index >= 15 is 0 Å². The molecule has 1 aliphatic heterocycles. The summed E-state index contributed by atoms with van der Waals surface area (Å²) in [4.78, 5) is 14.1. The highest BCUT2D eigenvalue weighted by Crippen LogP contribution is 2.38. The van der Waals surface area contributed by atoms with Crippen LogP contribution in [0.15, 0.2) is 0 Å². The molecule has 1 heterocycles. The standard InChI is InChI=1S/C15H28N2O2/c1-4-8-16-15(13(18)19)6-5-12(10-15)17-9-7-14(2,3)11-17/h12,16H,4-11H2,1-3H3,(H,18,19). The van der Waals surface area contributed by atoms with Crippen molar-refractivity contribution in [3.05, 3.63) is 0 Å². The van der Waals surface area contributed by atoms with Crippen LogP contribution in [0.2, 0.25) is 0 Å². The predicted molar refractivity (Wildman–Crippen MR) is 76.3 cm³/mol. The summed E-state index contributed by atoms with van der Waals surface area (Å²) < 4.78 is 0. The van der Waals surface area contributed by atoms with Crippen molar-refractivity contribution < 1.29 is 9.90 Å². The van der Waals surface area contributed by atoms with Crippen LogP contribution in [0, 0.1) is 5.41 Å². The molecule has 19 heavy (non-hydrogen) atoms. The number of hydrogen-bond donors (Lipinski definition) is 2. The Bertz CT molecular complexity index is 343. The van der Waals surface area contributed by atoms with Gasteiger partial charge in [-0.05, 0) is 50.6 Å². The molecule has 0 bridgehead atoms. The molecule has 1 saturated carbocycles. The predicted octanol–water partition coefficient (Wildman–Crippen LogP) is 2.09. The number of aliphatic carboxylic acids is 1. The van der Waals surface area contributed by atoms with Crippen molar-refractivity contribution in [3.63, 3.8) is 0 Å². The van der Waals surface area contributed by atoms with E-state index in [9.17, 15) is 9.90 Å². The normalized spacial score (nSPS) is 34.8. The minimum Gasteiger partial charge on any atom is -0.480 e. The van der Waals surface area contributed by atoms with E-state index in [0.29, 0.717) is 11.5 Å². The van der Waals surface area contributed by atoms with Crippen LogP contribution >= 0.6 is 0 Å². The van der Waals surface area contributed by atoms with E-state index in [1.807, 2.05) is 0 Å². The van der Waals surface area contributed by atoms with Gasteiger partial charge in [0.15, 0.2) is 0 Å². The minimum absolute atomic E-state index is 0.394. The summed E-state index contributed by atoms with van der Waals surface area (Å²) in [6.45, 7) is 9.73. The SMILES string of the molecule is CCCNC1(C(=O)O)CCC(N2CCC(C)(C)C2)C1. The first-order valence-corrected chi connectivity index (χ1v) is 7.61. The van der Waals surface area contributed by atoms with Gasteiger partial charge in [0.25, 0.3) is 0 Å². The van der Waals surface area contributed by atoms with Crippen molar-refractivity contribution in [3.8, 4) is 0 Å². The molecule has 0 spiro atoms. The summed E-state index contributed by atoms with van der Waals surface area (Å²) in [5, 5.41) is 12.9. The van der Waals surface area contributed by atoms with Crippen molar-refractivity contribution in [2.75, 3.05) is 19.6 Å². The first kappa shape index (κ1) is 14.8. The van der Waals surface area contributed by atoms with E-state index in [0.717, 1.165) is 45.3 Å². The lowest BCUT2D eigenvalue weighted by atomic mass is 9.93. The summed E-state index contributed by atoms with van der Waals surface area (Å²) in [5.41, 5.74) is -0.279. The van der Waals surface area contributed by atoms with Gasteiger partial charge in [-0.3, -0.25) is 9.69 Å². The zero-order chi connectivity index (χ0) is 14.1. The van der Waals surface area contributed by atoms with Gasteiger partial charge >= 0.3 is 5.97 Å². The van der Waals surface area contributed by atoms with Crippen LogP contribution in [-0.2, 0) is 4.79 Å². The second-order valence-electron chi connectivity index (χ2n) is 7.10. The number of likely N-dealkylation sites (tertiary alicyclic amines) is 1. The molecule has 0 aromatic rings. The highest BCUT2D eigenvalue weighted by molar-refractivity contribution is 5.79. The average Bonchev–Trinajstić information content (AvgIpc) is 2.91. The topological polar surface area (TPSA) is 52.6 Å². The summed E-state index contributed by atoms with van der Waals surface area (Å²) in [7, 11) is 0. The molecule has 0 aromatic carbocycles. The molecule has 4 nitrogen and oxygen atoms in total. The molecule has 2 aliphatic rings. The fourth-order valence-corrected chi connectivity index (χ4v) is 3.59. The molecule has 0 amide bonds. The largest absolute Gasteiger partial charge is 0.480 e. The number of carbonyl (C=O) groups is 1. The summed E-state index contributed by atoms with van der Waals surface area (Å²) in [5.74, 6) is -0.665. The van der Waals surface area contributed by atoms with Crippen LogP contribution in [0.4, 0.5) is 0 Å². The van der Waals surface area contributed by atoms with E-state index in [4.69, 9.17) is 0 Å². The number of carboxylic acids is 1. The molecule has 2 rings (SSSR count). The summed E-state index contributed by atoms with van der Waals surface area (Å²) in [6, 6.07) is 0.447. The lowest BCUT2D eigenvalue weighted by Gasteiger charge is -2.29. The van der Waals surface area contributed by atoms with Crippen LogP contribution in [0.3, 0.4) is 0 Å². The Hall–Kier alpha value is -0.610. The van der Waals surface area contributed by atoms with Crippen molar-refractivity contribution in [2.24, 2.45) is 5.41 Å². The molecule has 110 valence electrons. The van der Waals surface area contributed by atoms with Crippen molar-refractivity contribution in [1.29, 1.82) is 0 Å². The number of hydrogen-bond acceptors (Lipinski definition) is 3. The number of carboxylic acid groups (broad SMARTS) is 1. The second-order valence-corrected chi connectivity index (χ2v) is 7.10. The minimum atomic E-state index is -0.673. The Balaban J connectivity index is 1.99. The van der Waals surface area contributed by atoms with Gasteiger partial charge in [-0.2, -0.15) is 0 Å². The van der Waals surface area contributed by atoms with Gasteiger partial charge in [-0.1, -0.05) is 20.8 Å². The quantitative estimate of drug-likeness (QED) is 0.801. The van der Waals surface area contributed by atoms with Gasteiger partial charge in [-0.25, -0.2) is 0 Å². The maximum atomic E-state index is 11.6. The first-order valence-electron chi connectivity index (χ1n) is 7.61. The molecule has 2 N–H and O–H groups in total. The van der Waals surface area contributed by atoms with Crippen molar-refractivity contribution in [1.82, 2.24) is 10.2 Å². The van der Waals surface area contributed by atoms with Crippen LogP contribution < -0.4 is 5.32 Å². The van der Waals surface area contributed by atoms with Crippen molar-refractivity contribution in [2.45, 2.75) is 64.5 Å². The summed E-state index contributed by atoms with van der Waals surface area (Å²) >= 11 is 0. The Labute approximate surface area is 116 Å². The number of nitrogens with zero attached hydrogens (tertiary/aromatic N) is 1. The zero-order valence-corrected chi connectivity index (χ0v) is 12.5. The Morgan fingerprint density at radius 2 is 2.16 bits per heavy atom. The van der Waals surface area contributed by atoms with Gasteiger partial charge in [0.2, 0.25) is 0 Å². The monoisotopic (exact) mass is 268 g/mol. The molecule has 2 atom stereocenters. The van der Waals surface area contributed by atoms with E-state index < -0.39 is 11.5 Å². The molecular weight excluding hydrogens is 240 g/mol. The lowest BCUT2D eigenvalue weighted by Crippen LogP contribution is -2.51. The highest BCUT2D eigenvalue weighted by Gasteiger charge is 2.48. The average molecular weight is 268 g/mol. The molecule has 4 heteroatoms. The number of nitrogens with one attached hydrogen (secondary N) is 1. The fourth-order valence-electron chi connectivity index (χ4n) is 3.59. The zero-order valence-electron chi connectivity index (χ0n) is 12.5. The van der Waals surface area contributed by atoms with E-state index in [-0.39, 0.29) is 0 Å². The molecule has 2 fully saturated rings. The maximum absolute atomic E-state index is 11.6. The van der Waals surface area contributed by atoms with Crippen LogP contribution in [0.5, 0.6) is 0 Å². The Morgan fingerprint density at radius 3 is 2.68 bits per heavy atom. The number of rotatable bonds is 5. The third kappa shape index (κ3) is 3.11. The van der Waals surface area contributed by atoms with Gasteiger partial charge in [0.1, 0.15) is 5.54 Å². The molecule has 0 radical (unpaired) electrons. The van der Waals surface area contributed by atoms with Crippen molar-refractivity contribution >= 4 is 5.97 Å². The summed E-state index contributed by atoms with van der Waals surface area (Å²) in [6.07, 6.45) is 4.75. The van der Waals surface area contributed by atoms with Gasteiger partial charge < -0.3 is 10.4 Å². The third-order valence-corrected chi connectivity index (χ3v) is 4.83. The molecule has 0 aromatic heterocycles. The maximum Gasteiger partial charge on any atom is 0.323 e. The highest BCUT2D eigenvalue weighted by atomic mass is 16.4. The smallest absolute Gasteiger partial charge is 0.323 e. The van der Waals surface area contributed by atoms with Crippen LogP contribution in [-0.4, -0.2) is 47.2 Å². The third-order valence-electron chi connectivity index (χ3n) is 4.83. The van der Waals surface area contributed by atoms with Crippen LogP contribution in [0.25, 0.3) is 0 Å². The fraction of sp³-hybridized carbons (Fsp3) is 0.933. The molecular formula is C15H28N2O2. The molecule has 2 unspecified atom stereocenters. The molecule has 1 saturated heterocycles. The lowest BCUT2D eigenvalue weighted by molar-refractivity contribution is -0.144. The van der Waals surface area contributed by atoms with Gasteiger partial charge in [0, 0.05) is 12.6 Å².